The Morgan fingerprint density at radius 1 is 1.00 bits per heavy atom. The van der Waals surface area contributed by atoms with E-state index in [-0.39, 0.29) is 11.7 Å². The minimum Gasteiger partial charge on any atom is -0.503 e. The molecule has 35 heavy (non-hydrogen) atoms. The second kappa shape index (κ2) is 10.2. The fourth-order valence-electron chi connectivity index (χ4n) is 3.71. The van der Waals surface area contributed by atoms with Crippen molar-refractivity contribution in [1.82, 2.24) is 0 Å². The van der Waals surface area contributed by atoms with Gasteiger partial charge in [0, 0.05) is 4.47 Å². The van der Waals surface area contributed by atoms with E-state index in [0.717, 1.165) is 33.6 Å². The van der Waals surface area contributed by atoms with Gasteiger partial charge in [0.25, 0.3) is 5.91 Å². The molecule has 1 heterocycles. The Morgan fingerprint density at radius 3 is 2.34 bits per heavy atom. The van der Waals surface area contributed by atoms with Crippen LogP contribution in [0.1, 0.15) is 27.8 Å². The molecule has 1 fully saturated rings. The number of carbonyl (C=O) groups is 1. The molecule has 3 aromatic carbocycles. The fraction of sp³-hybridized carbons (Fsp3) is 0.185. The number of hydrogen-bond donors (Lipinski definition) is 1. The number of phenols is 1. The fourth-order valence-corrected chi connectivity index (χ4v) is 5.53. The number of methoxy groups -OCH3 is 1. The lowest BCUT2D eigenvalue weighted by Crippen LogP contribution is -2.29. The summed E-state index contributed by atoms with van der Waals surface area (Å²) >= 11 is 8.23. The van der Waals surface area contributed by atoms with Gasteiger partial charge in [0.1, 0.15) is 0 Å². The van der Waals surface area contributed by atoms with Crippen molar-refractivity contribution in [3.05, 3.63) is 84.1 Å². The number of halogens is 2. The predicted octanol–water partition coefficient (Wildman–Crippen LogP) is 7.97. The molecular weight excluding hydrogens is 592 g/mol. The molecule has 0 bridgehead atoms. The van der Waals surface area contributed by atoms with Crippen LogP contribution in [-0.2, 0) is 4.79 Å². The Bertz CT molecular complexity index is 1420. The molecule has 0 radical (unpaired) electrons. The monoisotopic (exact) mass is 614 g/mol. The van der Waals surface area contributed by atoms with Crippen molar-refractivity contribution >= 4 is 72.1 Å². The summed E-state index contributed by atoms with van der Waals surface area (Å²) in [4.78, 5) is 20.9. The van der Waals surface area contributed by atoms with Crippen LogP contribution in [0.25, 0.3) is 6.08 Å². The van der Waals surface area contributed by atoms with Gasteiger partial charge in [-0.05, 0) is 123 Å². The molecule has 3 aromatic rings. The number of phenolic OH excluding ortho intramolecular Hbond substituents is 1. The molecule has 180 valence electrons. The van der Waals surface area contributed by atoms with Gasteiger partial charge in [-0.2, -0.15) is 0 Å². The number of rotatable bonds is 4. The summed E-state index contributed by atoms with van der Waals surface area (Å²) in [5, 5.41) is 10.9. The average Bonchev–Trinajstić information content (AvgIpc) is 3.13. The number of carbonyl (C=O) groups excluding carboxylic acids is 1. The summed E-state index contributed by atoms with van der Waals surface area (Å²) in [7, 11) is 1.49. The van der Waals surface area contributed by atoms with Crippen LogP contribution < -0.4 is 9.64 Å². The first-order chi connectivity index (χ1) is 16.6. The topological polar surface area (TPSA) is 62.1 Å². The van der Waals surface area contributed by atoms with E-state index in [1.807, 2.05) is 64.1 Å². The van der Waals surface area contributed by atoms with Crippen molar-refractivity contribution in [2.24, 2.45) is 4.99 Å². The molecule has 0 saturated carbocycles. The zero-order valence-electron chi connectivity index (χ0n) is 19.9. The Labute approximate surface area is 226 Å². The van der Waals surface area contributed by atoms with Crippen LogP contribution in [0, 0.1) is 27.7 Å². The summed E-state index contributed by atoms with van der Waals surface area (Å²) in [5.74, 6) is 0.127. The maximum Gasteiger partial charge on any atom is 0.271 e. The van der Waals surface area contributed by atoms with E-state index < -0.39 is 0 Å². The molecular formula is C27H24Br2N2O3S. The van der Waals surface area contributed by atoms with E-state index >= 15 is 0 Å². The number of aryl methyl sites for hydroxylation is 2. The highest BCUT2D eigenvalue weighted by Crippen LogP contribution is 2.45. The number of amidine groups is 1. The standard InChI is InChI=1S/C27H24Br2N2O3S/c1-14-8-6-10-19(16(14)3)30-27-31(20-11-7-9-15(2)17(20)4)26(33)22(35-27)13-18-12-21(34-5)25(32)24(29)23(18)28/h6-13,32H,1-5H3/b22-13-,30-27?. The molecule has 8 heteroatoms. The number of anilines is 1. The molecule has 0 aromatic heterocycles. The van der Waals surface area contributed by atoms with E-state index in [0.29, 0.717) is 30.3 Å². The highest BCUT2D eigenvalue weighted by molar-refractivity contribution is 9.13. The zero-order chi connectivity index (χ0) is 25.4. The lowest BCUT2D eigenvalue weighted by atomic mass is 10.1. The van der Waals surface area contributed by atoms with E-state index in [4.69, 9.17) is 9.73 Å². The molecule has 1 aliphatic heterocycles. The van der Waals surface area contributed by atoms with E-state index in [2.05, 4.69) is 31.9 Å². The Balaban J connectivity index is 1.89. The van der Waals surface area contributed by atoms with Gasteiger partial charge in [-0.3, -0.25) is 9.69 Å². The first-order valence-corrected chi connectivity index (χ1v) is 13.2. The maximum absolute atomic E-state index is 13.8. The summed E-state index contributed by atoms with van der Waals surface area (Å²) < 4.78 is 6.37. The number of aromatic hydroxyl groups is 1. The summed E-state index contributed by atoms with van der Waals surface area (Å²) in [5.41, 5.74) is 6.65. The zero-order valence-corrected chi connectivity index (χ0v) is 23.9. The smallest absolute Gasteiger partial charge is 0.271 e. The van der Waals surface area contributed by atoms with E-state index in [1.165, 1.54) is 18.9 Å². The van der Waals surface area contributed by atoms with E-state index in [9.17, 15) is 9.90 Å². The first kappa shape index (κ1) is 25.5. The van der Waals surface area contributed by atoms with Crippen LogP contribution >= 0.6 is 43.6 Å². The lowest BCUT2D eigenvalue weighted by Gasteiger charge is -2.19. The van der Waals surface area contributed by atoms with Crippen molar-refractivity contribution in [2.45, 2.75) is 27.7 Å². The van der Waals surface area contributed by atoms with Crippen LogP contribution in [0.2, 0.25) is 0 Å². The lowest BCUT2D eigenvalue weighted by molar-refractivity contribution is -0.113. The third kappa shape index (κ3) is 4.79. The molecule has 1 aliphatic rings. The van der Waals surface area contributed by atoms with Gasteiger partial charge in [0.2, 0.25) is 0 Å². The number of aliphatic imine (C=N–C) groups is 1. The van der Waals surface area contributed by atoms with Crippen molar-refractivity contribution in [3.63, 3.8) is 0 Å². The van der Waals surface area contributed by atoms with Crippen LogP contribution in [0.15, 0.2) is 61.3 Å². The molecule has 1 saturated heterocycles. The molecule has 0 spiro atoms. The molecule has 0 atom stereocenters. The highest BCUT2D eigenvalue weighted by atomic mass is 79.9. The van der Waals surface area contributed by atoms with Crippen molar-refractivity contribution in [3.8, 4) is 11.5 Å². The van der Waals surface area contributed by atoms with Crippen LogP contribution in [0.3, 0.4) is 0 Å². The van der Waals surface area contributed by atoms with Gasteiger partial charge in [0.15, 0.2) is 16.7 Å². The largest absolute Gasteiger partial charge is 0.503 e. The molecule has 5 nitrogen and oxygen atoms in total. The van der Waals surface area contributed by atoms with Crippen molar-refractivity contribution < 1.29 is 14.6 Å². The minimum absolute atomic E-state index is 0.0129. The Hall–Kier alpha value is -2.55. The SMILES string of the molecule is COc1cc(/C=C2\SC(=Nc3cccc(C)c3C)N(c3cccc(C)c3C)C2=O)c(Br)c(Br)c1O. The summed E-state index contributed by atoms with van der Waals surface area (Å²) in [6, 6.07) is 13.6. The number of hydrogen-bond acceptors (Lipinski definition) is 5. The average molecular weight is 616 g/mol. The van der Waals surface area contributed by atoms with Crippen LogP contribution in [0.4, 0.5) is 11.4 Å². The van der Waals surface area contributed by atoms with Gasteiger partial charge in [0.05, 0.1) is 27.9 Å². The molecule has 1 amide bonds. The van der Waals surface area contributed by atoms with Gasteiger partial charge < -0.3 is 9.84 Å². The third-order valence-electron chi connectivity index (χ3n) is 6.10. The van der Waals surface area contributed by atoms with Crippen molar-refractivity contribution in [1.29, 1.82) is 0 Å². The first-order valence-electron chi connectivity index (χ1n) is 10.8. The second-order valence-corrected chi connectivity index (χ2v) is 10.8. The summed E-state index contributed by atoms with van der Waals surface area (Å²) in [6.07, 6.45) is 1.79. The Morgan fingerprint density at radius 2 is 1.66 bits per heavy atom. The second-order valence-electron chi connectivity index (χ2n) is 8.23. The van der Waals surface area contributed by atoms with Crippen LogP contribution in [0.5, 0.6) is 11.5 Å². The molecule has 1 N–H and O–H groups in total. The molecule has 4 rings (SSSR count). The number of nitrogens with zero attached hydrogens (tertiary/aromatic N) is 2. The molecule has 0 unspecified atom stereocenters. The van der Waals surface area contributed by atoms with Crippen LogP contribution in [-0.4, -0.2) is 23.3 Å². The van der Waals surface area contributed by atoms with Gasteiger partial charge in [-0.1, -0.05) is 24.3 Å². The molecule has 0 aliphatic carbocycles. The number of amides is 1. The van der Waals surface area contributed by atoms with Gasteiger partial charge in [-0.25, -0.2) is 4.99 Å². The minimum atomic E-state index is -0.164. The predicted molar refractivity (Wildman–Crippen MR) is 152 cm³/mol. The van der Waals surface area contributed by atoms with Gasteiger partial charge >= 0.3 is 0 Å². The maximum atomic E-state index is 13.8. The summed E-state index contributed by atoms with van der Waals surface area (Å²) in [6.45, 7) is 8.13. The third-order valence-corrected chi connectivity index (χ3v) is 9.22. The number of thioether (sulfide) groups is 1. The van der Waals surface area contributed by atoms with Crippen molar-refractivity contribution in [2.75, 3.05) is 12.0 Å². The number of ether oxygens (including phenoxy) is 1. The normalized spacial score (nSPS) is 16.0. The Kier molecular flexibility index (Phi) is 7.45. The highest BCUT2D eigenvalue weighted by Gasteiger charge is 2.36. The number of benzene rings is 3. The van der Waals surface area contributed by atoms with E-state index in [1.54, 1.807) is 17.0 Å². The van der Waals surface area contributed by atoms with Gasteiger partial charge in [-0.15, -0.1) is 0 Å². The quantitative estimate of drug-likeness (QED) is 0.302.